The number of phenols is 2. The van der Waals surface area contributed by atoms with E-state index < -0.39 is 42.3 Å². The Hall–Kier alpha value is -3.80. The lowest BCUT2D eigenvalue weighted by atomic mass is 9.87. The topological polar surface area (TPSA) is 173 Å². The monoisotopic (exact) mass is 587 g/mol. The number of carbonyl (C=O) groups is 2. The number of anilines is 2. The molecule has 1 heterocycles. The molecule has 0 spiro atoms. The van der Waals surface area contributed by atoms with Crippen molar-refractivity contribution in [2.24, 2.45) is 17.6 Å². The highest BCUT2D eigenvalue weighted by Crippen LogP contribution is 2.42. The molecule has 3 unspecified atom stereocenters. The summed E-state index contributed by atoms with van der Waals surface area (Å²) < 4.78 is 16.6. The smallest absolute Gasteiger partial charge is 0.405 e. The molecule has 0 saturated carbocycles. The van der Waals surface area contributed by atoms with Crippen molar-refractivity contribution in [2.75, 3.05) is 31.4 Å². The molecule has 0 aliphatic carbocycles. The van der Waals surface area contributed by atoms with E-state index in [1.165, 1.54) is 26.4 Å². The summed E-state index contributed by atoms with van der Waals surface area (Å²) in [5.41, 5.74) is 7.01. The molecular formula is C31H45N3O8. The van der Waals surface area contributed by atoms with Crippen molar-refractivity contribution < 1.29 is 39.1 Å². The molecular weight excluding hydrogens is 542 g/mol. The van der Waals surface area contributed by atoms with Crippen LogP contribution in [-0.2, 0) is 25.4 Å². The SMILES string of the molecule is C=CCNc1c(O)cc2c(O)c1CC(C)C[C@H](OC)C(O)C(C)/C=C(\C)[C@H](OC(N)=O)[C@@H](OC)/C=C\C=C(/C)C(=O)N2. The molecule has 1 aliphatic rings. The van der Waals surface area contributed by atoms with Gasteiger partial charge in [0.1, 0.15) is 17.6 Å². The Bertz CT molecular complexity index is 1210. The second-order valence-electron chi connectivity index (χ2n) is 10.6. The summed E-state index contributed by atoms with van der Waals surface area (Å²) >= 11 is 0. The van der Waals surface area contributed by atoms with Crippen LogP contribution in [0.2, 0.25) is 0 Å². The Labute approximate surface area is 247 Å². The zero-order valence-electron chi connectivity index (χ0n) is 25.2. The molecule has 2 amide bonds. The predicted octanol–water partition coefficient (Wildman–Crippen LogP) is 4.16. The number of primary amides is 1. The summed E-state index contributed by atoms with van der Waals surface area (Å²) in [5, 5.41) is 39.1. The van der Waals surface area contributed by atoms with Gasteiger partial charge >= 0.3 is 6.09 Å². The van der Waals surface area contributed by atoms with Gasteiger partial charge in [-0.25, -0.2) is 4.79 Å². The average molecular weight is 588 g/mol. The quantitative estimate of drug-likeness (QED) is 0.162. The minimum Gasteiger partial charge on any atom is -0.506 e. The number of nitrogens with one attached hydrogen (secondary N) is 2. The molecule has 0 saturated heterocycles. The highest BCUT2D eigenvalue weighted by Gasteiger charge is 2.30. The van der Waals surface area contributed by atoms with Gasteiger partial charge in [-0.2, -0.15) is 0 Å². The van der Waals surface area contributed by atoms with E-state index in [0.717, 1.165) is 0 Å². The van der Waals surface area contributed by atoms with Gasteiger partial charge in [0, 0.05) is 43.9 Å². The number of carbonyl (C=O) groups excluding carboxylic acids is 2. The number of hydrogen-bond donors (Lipinski definition) is 6. The number of aliphatic hydroxyl groups is 1. The van der Waals surface area contributed by atoms with Crippen molar-refractivity contribution in [1.29, 1.82) is 0 Å². The maximum absolute atomic E-state index is 13.0. The molecule has 6 atom stereocenters. The van der Waals surface area contributed by atoms with Crippen LogP contribution in [0.1, 0.15) is 39.7 Å². The van der Waals surface area contributed by atoms with E-state index in [9.17, 15) is 24.9 Å². The lowest BCUT2D eigenvalue weighted by molar-refractivity contribution is -0.112. The van der Waals surface area contributed by atoms with Crippen LogP contribution >= 0.6 is 0 Å². The first kappa shape index (κ1) is 34.4. The van der Waals surface area contributed by atoms with Crippen LogP contribution in [0.5, 0.6) is 11.5 Å². The van der Waals surface area contributed by atoms with E-state index in [2.05, 4.69) is 17.2 Å². The fourth-order valence-corrected chi connectivity index (χ4v) is 4.98. The van der Waals surface area contributed by atoms with Gasteiger partial charge in [0.25, 0.3) is 5.91 Å². The van der Waals surface area contributed by atoms with Gasteiger partial charge in [0.2, 0.25) is 0 Å². The normalized spacial score (nSPS) is 29.3. The molecule has 1 aromatic rings. The largest absolute Gasteiger partial charge is 0.506 e. The number of aliphatic hydroxyl groups excluding tert-OH is 1. The third kappa shape index (κ3) is 9.10. The first-order valence-corrected chi connectivity index (χ1v) is 13.8. The number of ether oxygens (including phenoxy) is 3. The number of benzene rings is 1. The third-order valence-electron chi connectivity index (χ3n) is 7.25. The zero-order valence-corrected chi connectivity index (χ0v) is 25.2. The van der Waals surface area contributed by atoms with E-state index in [0.29, 0.717) is 41.8 Å². The van der Waals surface area contributed by atoms with E-state index >= 15 is 0 Å². The van der Waals surface area contributed by atoms with Gasteiger partial charge in [-0.05, 0) is 38.2 Å². The highest BCUT2D eigenvalue weighted by molar-refractivity contribution is 6.04. The molecule has 2 bridgehead atoms. The van der Waals surface area contributed by atoms with Gasteiger partial charge in [0.15, 0.2) is 6.10 Å². The predicted molar refractivity (Wildman–Crippen MR) is 162 cm³/mol. The summed E-state index contributed by atoms with van der Waals surface area (Å²) in [6.07, 6.45) is 4.64. The van der Waals surface area contributed by atoms with Crippen LogP contribution in [-0.4, -0.2) is 72.5 Å². The fraction of sp³-hybridized carbons (Fsp3) is 0.484. The number of amides is 2. The van der Waals surface area contributed by atoms with E-state index in [-0.39, 0.29) is 23.1 Å². The molecule has 1 aromatic carbocycles. The van der Waals surface area contributed by atoms with E-state index in [1.807, 2.05) is 13.8 Å². The molecule has 42 heavy (non-hydrogen) atoms. The zero-order chi connectivity index (χ0) is 31.6. The average Bonchev–Trinajstić information content (AvgIpc) is 2.94. The second-order valence-corrected chi connectivity index (χ2v) is 10.6. The first-order valence-electron chi connectivity index (χ1n) is 13.8. The number of fused-ring (bicyclic) bond motifs is 2. The summed E-state index contributed by atoms with van der Waals surface area (Å²) in [4.78, 5) is 24.7. The van der Waals surface area contributed by atoms with E-state index in [4.69, 9.17) is 19.9 Å². The van der Waals surface area contributed by atoms with Gasteiger partial charge in [-0.1, -0.05) is 44.2 Å². The molecule has 7 N–H and O–H groups in total. The Morgan fingerprint density at radius 1 is 1.24 bits per heavy atom. The van der Waals surface area contributed by atoms with Crippen LogP contribution < -0.4 is 16.4 Å². The Morgan fingerprint density at radius 2 is 1.93 bits per heavy atom. The molecule has 0 radical (unpaired) electrons. The second kappa shape index (κ2) is 16.0. The molecule has 2 rings (SSSR count). The fourth-order valence-electron chi connectivity index (χ4n) is 4.98. The lowest BCUT2D eigenvalue weighted by Gasteiger charge is -2.29. The minimum absolute atomic E-state index is 0.0416. The van der Waals surface area contributed by atoms with Crippen molar-refractivity contribution in [1.82, 2.24) is 0 Å². The number of hydrogen-bond acceptors (Lipinski definition) is 9. The van der Waals surface area contributed by atoms with Crippen molar-refractivity contribution in [3.8, 4) is 11.5 Å². The third-order valence-corrected chi connectivity index (χ3v) is 7.25. The van der Waals surface area contributed by atoms with Crippen LogP contribution in [0, 0.1) is 11.8 Å². The van der Waals surface area contributed by atoms with Gasteiger partial charge in [-0.15, -0.1) is 6.58 Å². The van der Waals surface area contributed by atoms with Crippen LogP contribution in [0.4, 0.5) is 16.2 Å². The number of allylic oxidation sites excluding steroid dienone is 2. The van der Waals surface area contributed by atoms with E-state index in [1.54, 1.807) is 38.2 Å². The Balaban J connectivity index is 2.67. The number of nitrogens with two attached hydrogens (primary N) is 1. The molecule has 11 nitrogen and oxygen atoms in total. The number of aromatic hydroxyl groups is 2. The Kier molecular flexibility index (Phi) is 13.1. The van der Waals surface area contributed by atoms with Gasteiger partial charge < -0.3 is 45.9 Å². The standard InChI is InChI=1S/C31H45N3O8/c1-8-12-33-26-21-13-17(2)14-25(41-7)27(36)19(4)15-20(5)29(42-31(32)39)24(40-6)11-9-10-18(3)30(38)34-22(28(21)37)16-23(26)35/h8-11,15-17,19,24-25,27,29,33,35-37H,1,12-14H2,2-7H3,(H2,32,39)(H,34,38)/b11-9-,18-10+,20-15+/t17?,19?,24-,25-,27?,29-/m0/s1. The van der Waals surface area contributed by atoms with Crippen molar-refractivity contribution >= 4 is 23.4 Å². The summed E-state index contributed by atoms with van der Waals surface area (Å²) in [6.45, 7) is 11.1. The minimum atomic E-state index is -0.990. The molecule has 11 heteroatoms. The molecule has 1 aliphatic heterocycles. The van der Waals surface area contributed by atoms with Crippen molar-refractivity contribution in [3.05, 3.63) is 59.7 Å². The molecule has 0 aromatic heterocycles. The first-order chi connectivity index (χ1) is 19.8. The molecule has 232 valence electrons. The maximum Gasteiger partial charge on any atom is 0.405 e. The lowest BCUT2D eigenvalue weighted by Crippen LogP contribution is -2.37. The van der Waals surface area contributed by atoms with Crippen molar-refractivity contribution in [2.45, 2.75) is 65.0 Å². The van der Waals surface area contributed by atoms with Crippen molar-refractivity contribution in [3.63, 3.8) is 0 Å². The number of methoxy groups -OCH3 is 2. The summed E-state index contributed by atoms with van der Waals surface area (Å²) in [6, 6.07) is 1.28. The van der Waals surface area contributed by atoms with Crippen LogP contribution in [0.15, 0.2) is 54.2 Å². The summed E-state index contributed by atoms with van der Waals surface area (Å²) in [5.74, 6) is -1.41. The van der Waals surface area contributed by atoms with Crippen LogP contribution in [0.3, 0.4) is 0 Å². The maximum atomic E-state index is 13.0. The van der Waals surface area contributed by atoms with Crippen LogP contribution in [0.25, 0.3) is 0 Å². The Morgan fingerprint density at radius 3 is 2.52 bits per heavy atom. The number of phenolic OH excluding ortho intramolecular Hbond substituents is 2. The summed E-state index contributed by atoms with van der Waals surface area (Å²) in [7, 11) is 2.95. The van der Waals surface area contributed by atoms with Gasteiger partial charge in [-0.3, -0.25) is 4.79 Å². The van der Waals surface area contributed by atoms with Gasteiger partial charge in [0.05, 0.1) is 23.6 Å². The highest BCUT2D eigenvalue weighted by atomic mass is 16.6. The molecule has 0 fully saturated rings. The number of rotatable bonds is 6.